The molecule has 1 N–H and O–H groups in total. The zero-order valence-electron chi connectivity index (χ0n) is 13.1. The van der Waals surface area contributed by atoms with Crippen LogP contribution in [0.1, 0.15) is 48.0 Å². The smallest absolute Gasteiger partial charge is 0.311 e. The van der Waals surface area contributed by atoms with E-state index in [0.29, 0.717) is 13.1 Å². The molecule has 0 rings (SSSR count). The molecule has 0 aromatic carbocycles. The first-order valence-electron chi connectivity index (χ1n) is 6.95. The maximum Gasteiger partial charge on any atom is 0.401 e. The molecule has 116 valence electrons. The van der Waals surface area contributed by atoms with Crippen molar-refractivity contribution in [2.24, 2.45) is 5.41 Å². The van der Waals surface area contributed by atoms with Gasteiger partial charge in [0.1, 0.15) is 0 Å². The summed E-state index contributed by atoms with van der Waals surface area (Å²) in [5, 5.41) is 3.40. The van der Waals surface area contributed by atoms with Gasteiger partial charge in [0.05, 0.1) is 6.54 Å². The number of alkyl halides is 3. The normalized spacial score (nSPS) is 16.7. The minimum Gasteiger partial charge on any atom is -0.311 e. The van der Waals surface area contributed by atoms with Gasteiger partial charge in [0.25, 0.3) is 0 Å². The summed E-state index contributed by atoms with van der Waals surface area (Å²) in [7, 11) is 0. The molecule has 5 heteroatoms. The molecule has 0 saturated carbocycles. The Morgan fingerprint density at radius 3 is 1.79 bits per heavy atom. The summed E-state index contributed by atoms with van der Waals surface area (Å²) < 4.78 is 37.5. The average molecular weight is 282 g/mol. The largest absolute Gasteiger partial charge is 0.401 e. The van der Waals surface area contributed by atoms with Crippen molar-refractivity contribution in [1.29, 1.82) is 0 Å². The molecule has 0 spiro atoms. The van der Waals surface area contributed by atoms with Gasteiger partial charge in [-0.15, -0.1) is 0 Å². The minimum absolute atomic E-state index is 0.0164. The van der Waals surface area contributed by atoms with Gasteiger partial charge in [0.15, 0.2) is 0 Å². The maximum absolute atomic E-state index is 12.5. The lowest BCUT2D eigenvalue weighted by Crippen LogP contribution is -2.48. The lowest BCUT2D eigenvalue weighted by Gasteiger charge is -2.37. The molecule has 0 radical (unpaired) electrons. The standard InChI is InChI=1S/C14H29F3N2/c1-7-13(6,9-18-12(3,4)5)10-19(8-2)11-14(15,16)17/h18H,7-11H2,1-6H3. The van der Waals surface area contributed by atoms with E-state index in [4.69, 9.17) is 0 Å². The molecule has 0 heterocycles. The monoisotopic (exact) mass is 282 g/mol. The lowest BCUT2D eigenvalue weighted by atomic mass is 9.85. The molecular weight excluding hydrogens is 253 g/mol. The third-order valence-corrected chi connectivity index (χ3v) is 3.35. The summed E-state index contributed by atoms with van der Waals surface area (Å²) >= 11 is 0. The number of nitrogens with zero attached hydrogens (tertiary/aromatic N) is 1. The minimum atomic E-state index is -4.12. The summed E-state index contributed by atoms with van der Waals surface area (Å²) in [5.74, 6) is 0. The number of hydrogen-bond donors (Lipinski definition) is 1. The second-order valence-corrected chi connectivity index (χ2v) is 6.69. The van der Waals surface area contributed by atoms with E-state index in [0.717, 1.165) is 13.0 Å². The summed E-state index contributed by atoms with van der Waals surface area (Å²) in [4.78, 5) is 1.48. The van der Waals surface area contributed by atoms with Gasteiger partial charge in [0, 0.05) is 18.6 Å². The van der Waals surface area contributed by atoms with Gasteiger partial charge in [-0.25, -0.2) is 0 Å². The number of halogens is 3. The van der Waals surface area contributed by atoms with Crippen molar-refractivity contribution < 1.29 is 13.2 Å². The second kappa shape index (κ2) is 6.93. The molecule has 0 aliphatic carbocycles. The van der Waals surface area contributed by atoms with Crippen LogP contribution in [0.5, 0.6) is 0 Å². The topological polar surface area (TPSA) is 15.3 Å². The summed E-state index contributed by atoms with van der Waals surface area (Å²) in [6.07, 6.45) is -3.27. The van der Waals surface area contributed by atoms with E-state index in [9.17, 15) is 13.2 Å². The Labute approximate surface area is 115 Å². The van der Waals surface area contributed by atoms with E-state index in [2.05, 4.69) is 26.1 Å². The zero-order valence-corrected chi connectivity index (χ0v) is 13.1. The van der Waals surface area contributed by atoms with Crippen LogP contribution in [0, 0.1) is 5.41 Å². The molecule has 0 saturated heterocycles. The molecule has 0 aliphatic heterocycles. The maximum atomic E-state index is 12.5. The van der Waals surface area contributed by atoms with Crippen LogP contribution in [0.4, 0.5) is 13.2 Å². The number of hydrogen-bond acceptors (Lipinski definition) is 2. The molecule has 1 unspecified atom stereocenters. The molecule has 0 aromatic rings. The lowest BCUT2D eigenvalue weighted by molar-refractivity contribution is -0.148. The van der Waals surface area contributed by atoms with E-state index in [1.165, 1.54) is 4.90 Å². The van der Waals surface area contributed by atoms with E-state index in [1.807, 2.05) is 13.8 Å². The molecule has 0 bridgehead atoms. The summed E-state index contributed by atoms with van der Waals surface area (Å²) in [6.45, 7) is 12.8. The van der Waals surface area contributed by atoms with Gasteiger partial charge < -0.3 is 5.32 Å². The van der Waals surface area contributed by atoms with E-state index in [-0.39, 0.29) is 11.0 Å². The highest BCUT2D eigenvalue weighted by molar-refractivity contribution is 4.83. The number of nitrogens with one attached hydrogen (secondary N) is 1. The molecule has 2 nitrogen and oxygen atoms in total. The summed E-state index contributed by atoms with van der Waals surface area (Å²) in [5.41, 5.74) is -0.161. The Kier molecular flexibility index (Phi) is 6.83. The van der Waals surface area contributed by atoms with Crippen LogP contribution in [0.25, 0.3) is 0 Å². The van der Waals surface area contributed by atoms with Gasteiger partial charge in [-0.2, -0.15) is 13.2 Å². The van der Waals surface area contributed by atoms with Crippen molar-refractivity contribution in [2.45, 2.75) is 59.7 Å². The molecular formula is C14H29F3N2. The fourth-order valence-electron chi connectivity index (χ4n) is 1.84. The van der Waals surface area contributed by atoms with Gasteiger partial charge in [-0.1, -0.05) is 20.8 Å². The van der Waals surface area contributed by atoms with Gasteiger partial charge >= 0.3 is 6.18 Å². The SMILES string of the molecule is CCN(CC(F)(F)F)CC(C)(CC)CNC(C)(C)C. The molecule has 0 aliphatic rings. The second-order valence-electron chi connectivity index (χ2n) is 6.69. The first-order valence-corrected chi connectivity index (χ1v) is 6.95. The molecule has 0 fully saturated rings. The van der Waals surface area contributed by atoms with Crippen LogP contribution in [0.15, 0.2) is 0 Å². The molecule has 1 atom stereocenters. The molecule has 0 aromatic heterocycles. The summed E-state index contributed by atoms with van der Waals surface area (Å²) in [6, 6.07) is 0. The van der Waals surface area contributed by atoms with Crippen LogP contribution in [0.3, 0.4) is 0 Å². The van der Waals surface area contributed by atoms with Crippen molar-refractivity contribution in [3.05, 3.63) is 0 Å². The van der Waals surface area contributed by atoms with Crippen molar-refractivity contribution in [3.63, 3.8) is 0 Å². The van der Waals surface area contributed by atoms with E-state index < -0.39 is 12.7 Å². The van der Waals surface area contributed by atoms with Crippen molar-refractivity contribution >= 4 is 0 Å². The fraction of sp³-hybridized carbons (Fsp3) is 1.00. The Balaban J connectivity index is 4.57. The van der Waals surface area contributed by atoms with Crippen LogP contribution in [-0.4, -0.2) is 42.8 Å². The average Bonchev–Trinajstić information content (AvgIpc) is 2.23. The van der Waals surface area contributed by atoms with Crippen LogP contribution in [-0.2, 0) is 0 Å². The Morgan fingerprint density at radius 1 is 0.947 bits per heavy atom. The van der Waals surface area contributed by atoms with Crippen molar-refractivity contribution in [2.75, 3.05) is 26.2 Å². The van der Waals surface area contributed by atoms with Crippen LogP contribution in [0.2, 0.25) is 0 Å². The van der Waals surface area contributed by atoms with Gasteiger partial charge in [0.2, 0.25) is 0 Å². The zero-order chi connectivity index (χ0) is 15.3. The fourth-order valence-corrected chi connectivity index (χ4v) is 1.84. The Hall–Kier alpha value is -0.290. The third kappa shape index (κ3) is 9.27. The Morgan fingerprint density at radius 2 is 1.47 bits per heavy atom. The quantitative estimate of drug-likeness (QED) is 0.766. The van der Waals surface area contributed by atoms with Crippen molar-refractivity contribution in [3.8, 4) is 0 Å². The van der Waals surface area contributed by atoms with Crippen LogP contribution >= 0.6 is 0 Å². The molecule has 19 heavy (non-hydrogen) atoms. The van der Waals surface area contributed by atoms with Crippen LogP contribution < -0.4 is 5.32 Å². The predicted octanol–water partition coefficient (Wildman–Crippen LogP) is 3.68. The van der Waals surface area contributed by atoms with E-state index in [1.54, 1.807) is 6.92 Å². The van der Waals surface area contributed by atoms with Crippen molar-refractivity contribution in [1.82, 2.24) is 10.2 Å². The predicted molar refractivity (Wildman–Crippen MR) is 74.3 cm³/mol. The third-order valence-electron chi connectivity index (χ3n) is 3.35. The first-order chi connectivity index (χ1) is 8.41. The van der Waals surface area contributed by atoms with Gasteiger partial charge in [-0.05, 0) is 39.2 Å². The highest BCUT2D eigenvalue weighted by Crippen LogP contribution is 2.25. The van der Waals surface area contributed by atoms with E-state index >= 15 is 0 Å². The molecule has 0 amide bonds. The Bertz CT molecular complexity index is 258. The number of rotatable bonds is 7. The highest BCUT2D eigenvalue weighted by Gasteiger charge is 2.33. The first kappa shape index (κ1) is 18.7. The highest BCUT2D eigenvalue weighted by atomic mass is 19.4. The van der Waals surface area contributed by atoms with Gasteiger partial charge in [-0.3, -0.25) is 4.90 Å².